The van der Waals surface area contributed by atoms with Crippen LogP contribution >= 0.6 is 0 Å². The number of halogens is 1. The summed E-state index contributed by atoms with van der Waals surface area (Å²) in [6.45, 7) is 5.67. The summed E-state index contributed by atoms with van der Waals surface area (Å²) in [5.74, 6) is 5.90. The van der Waals surface area contributed by atoms with E-state index in [9.17, 15) is 4.39 Å². The standard InChI is InChI=1S/C21H21FN4/c1-4-6-15-10-16(13-24-12-15)18-11-17(7-8-19(18)22)21(9-5-2)25-14(3)20(23)26-21/h7-8,10-13H,5,9H2,1-3H3,(H2,23,26). The van der Waals surface area contributed by atoms with Crippen molar-refractivity contribution in [3.63, 3.8) is 0 Å². The summed E-state index contributed by atoms with van der Waals surface area (Å²) in [5, 5.41) is 0. The number of benzene rings is 1. The van der Waals surface area contributed by atoms with E-state index < -0.39 is 5.66 Å². The molecule has 2 heterocycles. The summed E-state index contributed by atoms with van der Waals surface area (Å²) in [5.41, 5.74) is 8.61. The largest absolute Gasteiger partial charge is 0.382 e. The molecule has 5 heteroatoms. The van der Waals surface area contributed by atoms with Gasteiger partial charge in [-0.3, -0.25) is 9.98 Å². The first kappa shape index (κ1) is 17.8. The highest BCUT2D eigenvalue weighted by atomic mass is 19.1. The maximum atomic E-state index is 14.6. The van der Waals surface area contributed by atoms with Crippen LogP contribution in [0, 0.1) is 17.7 Å². The van der Waals surface area contributed by atoms with Crippen molar-refractivity contribution in [1.29, 1.82) is 0 Å². The van der Waals surface area contributed by atoms with Crippen molar-refractivity contribution in [1.82, 2.24) is 4.98 Å². The van der Waals surface area contributed by atoms with Gasteiger partial charge >= 0.3 is 0 Å². The molecular formula is C21H21FN4. The second-order valence-electron chi connectivity index (χ2n) is 6.29. The van der Waals surface area contributed by atoms with Crippen LogP contribution in [0.3, 0.4) is 0 Å². The monoisotopic (exact) mass is 348 g/mol. The Labute approximate surface area is 153 Å². The zero-order chi connectivity index (χ0) is 18.7. The van der Waals surface area contributed by atoms with Gasteiger partial charge < -0.3 is 5.73 Å². The molecule has 0 amide bonds. The lowest BCUT2D eigenvalue weighted by Gasteiger charge is -2.24. The zero-order valence-corrected chi connectivity index (χ0v) is 15.2. The Hall–Kier alpha value is -3.00. The van der Waals surface area contributed by atoms with Crippen molar-refractivity contribution >= 4 is 11.5 Å². The smallest absolute Gasteiger partial charge is 0.178 e. The SMILES string of the molecule is CC#Cc1cncc(-c2cc(C3(CCC)N=C(C)C(N)=N3)ccc2F)c1. The molecule has 0 fully saturated rings. The summed E-state index contributed by atoms with van der Waals surface area (Å²) in [4.78, 5) is 13.5. The van der Waals surface area contributed by atoms with Gasteiger partial charge in [0, 0.05) is 34.6 Å². The maximum absolute atomic E-state index is 14.6. The molecule has 1 aromatic carbocycles. The van der Waals surface area contributed by atoms with Crippen molar-refractivity contribution in [2.75, 3.05) is 0 Å². The average molecular weight is 348 g/mol. The quantitative estimate of drug-likeness (QED) is 0.848. The Morgan fingerprint density at radius 3 is 2.65 bits per heavy atom. The Balaban J connectivity index is 2.13. The number of nitrogens with two attached hydrogens (primary N) is 1. The third-order valence-electron chi connectivity index (χ3n) is 4.37. The van der Waals surface area contributed by atoms with E-state index in [0.29, 0.717) is 29.1 Å². The van der Waals surface area contributed by atoms with Crippen LogP contribution < -0.4 is 5.73 Å². The Bertz CT molecular complexity index is 945. The van der Waals surface area contributed by atoms with Crippen LogP contribution in [0.4, 0.5) is 4.39 Å². The predicted molar refractivity (Wildman–Crippen MR) is 104 cm³/mol. The zero-order valence-electron chi connectivity index (χ0n) is 15.2. The van der Waals surface area contributed by atoms with E-state index in [-0.39, 0.29) is 5.82 Å². The lowest BCUT2D eigenvalue weighted by Crippen LogP contribution is -2.20. The molecule has 4 nitrogen and oxygen atoms in total. The molecule has 1 aromatic heterocycles. The van der Waals surface area contributed by atoms with Gasteiger partial charge in [-0.15, -0.1) is 5.92 Å². The van der Waals surface area contributed by atoms with Crippen LogP contribution in [-0.2, 0) is 5.66 Å². The Kier molecular flexibility index (Phi) is 4.85. The molecular weight excluding hydrogens is 327 g/mol. The van der Waals surface area contributed by atoms with Gasteiger partial charge in [-0.25, -0.2) is 9.38 Å². The van der Waals surface area contributed by atoms with E-state index >= 15 is 0 Å². The molecule has 1 atom stereocenters. The molecule has 26 heavy (non-hydrogen) atoms. The van der Waals surface area contributed by atoms with Crippen molar-refractivity contribution in [3.05, 3.63) is 53.6 Å². The number of amidine groups is 1. The first-order chi connectivity index (χ1) is 12.5. The van der Waals surface area contributed by atoms with Crippen LogP contribution in [0.15, 0.2) is 46.6 Å². The van der Waals surface area contributed by atoms with E-state index in [4.69, 9.17) is 10.7 Å². The minimum atomic E-state index is -0.778. The third kappa shape index (κ3) is 3.23. The van der Waals surface area contributed by atoms with E-state index in [1.54, 1.807) is 31.5 Å². The van der Waals surface area contributed by atoms with E-state index in [2.05, 4.69) is 28.7 Å². The number of rotatable bonds is 4. The van der Waals surface area contributed by atoms with Crippen LogP contribution in [0.5, 0.6) is 0 Å². The second-order valence-corrected chi connectivity index (χ2v) is 6.29. The molecule has 1 aliphatic heterocycles. The van der Waals surface area contributed by atoms with E-state index in [1.807, 2.05) is 13.0 Å². The van der Waals surface area contributed by atoms with Gasteiger partial charge in [0.1, 0.15) is 11.7 Å². The Morgan fingerprint density at radius 1 is 1.19 bits per heavy atom. The van der Waals surface area contributed by atoms with Gasteiger partial charge in [0.2, 0.25) is 0 Å². The van der Waals surface area contributed by atoms with E-state index in [1.165, 1.54) is 6.07 Å². The lowest BCUT2D eigenvalue weighted by atomic mass is 9.92. The van der Waals surface area contributed by atoms with Crippen LogP contribution in [0.1, 0.15) is 44.7 Å². The molecule has 1 unspecified atom stereocenters. The van der Waals surface area contributed by atoms with Crippen LogP contribution in [0.2, 0.25) is 0 Å². The highest BCUT2D eigenvalue weighted by Gasteiger charge is 2.35. The summed E-state index contributed by atoms with van der Waals surface area (Å²) in [6.07, 6.45) is 4.88. The van der Waals surface area contributed by atoms with Crippen LogP contribution in [-0.4, -0.2) is 16.5 Å². The molecule has 1 aliphatic rings. The van der Waals surface area contributed by atoms with Crippen LogP contribution in [0.25, 0.3) is 11.1 Å². The van der Waals surface area contributed by atoms with Crippen molar-refractivity contribution in [2.24, 2.45) is 15.7 Å². The number of aliphatic imine (C=N–C) groups is 2. The van der Waals surface area contributed by atoms with Gasteiger partial charge in [0.25, 0.3) is 0 Å². The second kappa shape index (κ2) is 7.09. The van der Waals surface area contributed by atoms with Crippen molar-refractivity contribution in [3.8, 4) is 23.0 Å². The maximum Gasteiger partial charge on any atom is 0.178 e. The van der Waals surface area contributed by atoms with Gasteiger partial charge in [-0.05, 0) is 38.5 Å². The molecule has 0 saturated carbocycles. The van der Waals surface area contributed by atoms with Crippen molar-refractivity contribution < 1.29 is 4.39 Å². The number of pyridine rings is 1. The van der Waals surface area contributed by atoms with E-state index in [0.717, 1.165) is 17.5 Å². The van der Waals surface area contributed by atoms with Crippen molar-refractivity contribution in [2.45, 2.75) is 39.3 Å². The number of nitrogens with zero attached hydrogens (tertiary/aromatic N) is 3. The average Bonchev–Trinajstić information content (AvgIpc) is 2.91. The molecule has 2 N–H and O–H groups in total. The van der Waals surface area contributed by atoms with Gasteiger partial charge in [0.05, 0.1) is 5.71 Å². The highest BCUT2D eigenvalue weighted by Crippen LogP contribution is 2.38. The predicted octanol–water partition coefficient (Wildman–Crippen LogP) is 4.04. The molecule has 0 aliphatic carbocycles. The number of hydrogen-bond acceptors (Lipinski definition) is 4. The molecule has 2 aromatic rings. The summed E-state index contributed by atoms with van der Waals surface area (Å²) in [7, 11) is 0. The van der Waals surface area contributed by atoms with Gasteiger partial charge in [0.15, 0.2) is 5.66 Å². The fraction of sp³-hybridized carbons (Fsp3) is 0.286. The molecule has 132 valence electrons. The Morgan fingerprint density at radius 2 is 2.00 bits per heavy atom. The minimum Gasteiger partial charge on any atom is -0.382 e. The third-order valence-corrected chi connectivity index (χ3v) is 4.37. The molecule has 0 bridgehead atoms. The lowest BCUT2D eigenvalue weighted by molar-refractivity contribution is 0.436. The summed E-state index contributed by atoms with van der Waals surface area (Å²) >= 11 is 0. The first-order valence-corrected chi connectivity index (χ1v) is 8.59. The normalized spacial score (nSPS) is 18.8. The topological polar surface area (TPSA) is 63.6 Å². The molecule has 0 saturated heterocycles. The molecule has 3 rings (SSSR count). The molecule has 0 radical (unpaired) electrons. The summed E-state index contributed by atoms with van der Waals surface area (Å²) < 4.78 is 14.6. The minimum absolute atomic E-state index is 0.320. The fourth-order valence-electron chi connectivity index (χ4n) is 3.17. The van der Waals surface area contributed by atoms with Gasteiger partial charge in [-0.2, -0.15) is 0 Å². The number of aromatic nitrogens is 1. The van der Waals surface area contributed by atoms with Gasteiger partial charge in [-0.1, -0.05) is 25.3 Å². The fourth-order valence-corrected chi connectivity index (χ4v) is 3.17. The number of hydrogen-bond donors (Lipinski definition) is 1. The molecule has 0 spiro atoms. The summed E-state index contributed by atoms with van der Waals surface area (Å²) in [6, 6.07) is 6.81. The highest BCUT2D eigenvalue weighted by molar-refractivity contribution is 6.41. The first-order valence-electron chi connectivity index (χ1n) is 8.59.